The van der Waals surface area contributed by atoms with E-state index in [2.05, 4.69) is 0 Å². The number of nitrogens with zero attached hydrogens (tertiary/aromatic N) is 1. The van der Waals surface area contributed by atoms with Gasteiger partial charge in [0.25, 0.3) is 0 Å². The van der Waals surface area contributed by atoms with Crippen molar-refractivity contribution in [3.8, 4) is 0 Å². The van der Waals surface area contributed by atoms with Gasteiger partial charge in [0.2, 0.25) is 5.91 Å². The summed E-state index contributed by atoms with van der Waals surface area (Å²) in [4.78, 5) is 11.1. The molecule has 82 valence electrons. The molecule has 0 bridgehead atoms. The van der Waals surface area contributed by atoms with Crippen LogP contribution in [0.15, 0.2) is 0 Å². The number of rotatable bonds is 4. The number of halogens is 1. The number of hydrogen-bond donors (Lipinski definition) is 0. The van der Waals surface area contributed by atoms with E-state index in [0.717, 1.165) is 4.31 Å². The molecular formula is C7H12ClNO4S. The van der Waals surface area contributed by atoms with Crippen LogP contribution in [-0.4, -0.2) is 37.9 Å². The van der Waals surface area contributed by atoms with Crippen molar-refractivity contribution in [1.29, 1.82) is 0 Å². The summed E-state index contributed by atoms with van der Waals surface area (Å²) in [5, 5.41) is 0. The van der Waals surface area contributed by atoms with Gasteiger partial charge in [0.05, 0.1) is 12.0 Å². The molecule has 7 heteroatoms. The summed E-state index contributed by atoms with van der Waals surface area (Å²) in [5.74, 6) is -0.460. The van der Waals surface area contributed by atoms with Crippen LogP contribution >= 0.6 is 10.7 Å². The minimum absolute atomic E-state index is 0.197. The van der Waals surface area contributed by atoms with Crippen molar-refractivity contribution < 1.29 is 17.9 Å². The molecule has 1 amide bonds. The Morgan fingerprint density at radius 2 is 2.21 bits per heavy atom. The standard InChI is InChI=1S/C7H12ClNO4S/c1-7(3-4-13-2)5-6(10)9(7)14(8,11)12/h3-5H2,1-2H3. The summed E-state index contributed by atoms with van der Waals surface area (Å²) >= 11 is 0. The van der Waals surface area contributed by atoms with Crippen molar-refractivity contribution in [2.45, 2.75) is 25.3 Å². The Hall–Kier alpha value is -0.330. The van der Waals surface area contributed by atoms with Gasteiger partial charge in [-0.25, -0.2) is 4.31 Å². The minimum atomic E-state index is -3.95. The van der Waals surface area contributed by atoms with E-state index in [1.807, 2.05) is 0 Å². The molecule has 0 aliphatic carbocycles. The first-order valence-corrected chi connectivity index (χ1v) is 6.35. The topological polar surface area (TPSA) is 63.7 Å². The predicted octanol–water partition coefficient (Wildman–Crippen LogP) is 0.498. The number of ether oxygens (including phenoxy) is 1. The molecule has 1 aliphatic rings. The maximum absolute atomic E-state index is 11.1. The third-order valence-electron chi connectivity index (χ3n) is 2.31. The first kappa shape index (κ1) is 11.7. The van der Waals surface area contributed by atoms with E-state index in [4.69, 9.17) is 15.4 Å². The molecule has 0 aromatic heterocycles. The van der Waals surface area contributed by atoms with E-state index in [1.165, 1.54) is 7.11 Å². The number of β-lactam (4-membered cyclic amide) rings is 1. The molecular weight excluding hydrogens is 230 g/mol. The fourth-order valence-electron chi connectivity index (χ4n) is 1.58. The zero-order valence-corrected chi connectivity index (χ0v) is 9.56. The predicted molar refractivity (Wildman–Crippen MR) is 51.1 cm³/mol. The largest absolute Gasteiger partial charge is 0.385 e. The lowest BCUT2D eigenvalue weighted by Gasteiger charge is -2.46. The lowest BCUT2D eigenvalue weighted by atomic mass is 9.86. The summed E-state index contributed by atoms with van der Waals surface area (Å²) in [6.45, 7) is 2.07. The van der Waals surface area contributed by atoms with Gasteiger partial charge in [-0.15, -0.1) is 0 Å². The van der Waals surface area contributed by atoms with Crippen LogP contribution in [0.2, 0.25) is 0 Å². The minimum Gasteiger partial charge on any atom is -0.385 e. The van der Waals surface area contributed by atoms with Gasteiger partial charge in [-0.1, -0.05) is 0 Å². The molecule has 0 spiro atoms. The van der Waals surface area contributed by atoms with Crippen molar-refractivity contribution in [1.82, 2.24) is 4.31 Å². The van der Waals surface area contributed by atoms with Crippen molar-refractivity contribution in [2.24, 2.45) is 0 Å². The van der Waals surface area contributed by atoms with Crippen molar-refractivity contribution >= 4 is 25.8 Å². The van der Waals surface area contributed by atoms with Crippen LogP contribution in [0.4, 0.5) is 0 Å². The quantitative estimate of drug-likeness (QED) is 0.531. The Labute approximate surface area is 87.5 Å². The lowest BCUT2D eigenvalue weighted by Crippen LogP contribution is -2.63. The number of methoxy groups -OCH3 is 1. The fourth-order valence-corrected chi connectivity index (χ4v) is 3.30. The Balaban J connectivity index is 2.78. The molecule has 1 heterocycles. The average molecular weight is 242 g/mol. The highest BCUT2D eigenvalue weighted by molar-refractivity contribution is 8.12. The van der Waals surface area contributed by atoms with Crippen molar-refractivity contribution in [3.05, 3.63) is 0 Å². The van der Waals surface area contributed by atoms with Crippen LogP contribution in [0.25, 0.3) is 0 Å². The van der Waals surface area contributed by atoms with Gasteiger partial charge in [0.15, 0.2) is 0 Å². The number of amides is 1. The highest BCUT2D eigenvalue weighted by Crippen LogP contribution is 2.38. The van der Waals surface area contributed by atoms with Gasteiger partial charge in [-0.05, 0) is 13.3 Å². The zero-order chi connectivity index (χ0) is 11.0. The Morgan fingerprint density at radius 3 is 2.57 bits per heavy atom. The van der Waals surface area contributed by atoms with Crippen molar-refractivity contribution in [3.63, 3.8) is 0 Å². The normalized spacial score (nSPS) is 27.6. The second kappa shape index (κ2) is 3.67. The fraction of sp³-hybridized carbons (Fsp3) is 0.857. The Morgan fingerprint density at radius 1 is 1.64 bits per heavy atom. The summed E-state index contributed by atoms with van der Waals surface area (Å²) in [6.07, 6.45) is 0.656. The van der Waals surface area contributed by atoms with Crippen LogP contribution in [-0.2, 0) is 18.8 Å². The highest BCUT2D eigenvalue weighted by Gasteiger charge is 2.52. The lowest BCUT2D eigenvalue weighted by molar-refractivity contribution is -0.144. The number of carbonyl (C=O) groups is 1. The van der Waals surface area contributed by atoms with E-state index >= 15 is 0 Å². The van der Waals surface area contributed by atoms with E-state index in [9.17, 15) is 13.2 Å². The molecule has 0 saturated carbocycles. The smallest absolute Gasteiger partial charge is 0.324 e. The molecule has 0 radical (unpaired) electrons. The zero-order valence-electron chi connectivity index (χ0n) is 7.99. The van der Waals surface area contributed by atoms with Crippen LogP contribution < -0.4 is 0 Å². The first-order valence-electron chi connectivity index (χ1n) is 4.08. The van der Waals surface area contributed by atoms with Gasteiger partial charge in [-0.3, -0.25) is 4.79 Å². The molecule has 1 saturated heterocycles. The van der Waals surface area contributed by atoms with E-state index in [1.54, 1.807) is 6.92 Å². The Bertz CT molecular complexity index is 342. The second-order valence-corrected chi connectivity index (χ2v) is 5.88. The molecule has 1 atom stereocenters. The van der Waals surface area contributed by atoms with Gasteiger partial charge in [0.1, 0.15) is 0 Å². The third-order valence-corrected chi connectivity index (χ3v) is 3.81. The van der Waals surface area contributed by atoms with E-state index in [0.29, 0.717) is 13.0 Å². The molecule has 1 unspecified atom stereocenters. The van der Waals surface area contributed by atoms with Crippen LogP contribution in [0.1, 0.15) is 19.8 Å². The van der Waals surface area contributed by atoms with Gasteiger partial charge in [-0.2, -0.15) is 8.42 Å². The van der Waals surface area contributed by atoms with E-state index < -0.39 is 20.7 Å². The summed E-state index contributed by atoms with van der Waals surface area (Å²) in [6, 6.07) is 0. The van der Waals surface area contributed by atoms with E-state index in [-0.39, 0.29) is 6.42 Å². The molecule has 1 aliphatic heterocycles. The average Bonchev–Trinajstić information content (AvgIpc) is 1.96. The van der Waals surface area contributed by atoms with Gasteiger partial charge in [0, 0.05) is 24.4 Å². The van der Waals surface area contributed by atoms with Crippen LogP contribution in [0.5, 0.6) is 0 Å². The molecule has 0 N–H and O–H groups in total. The molecule has 0 aromatic carbocycles. The first-order chi connectivity index (χ1) is 6.31. The summed E-state index contributed by atoms with van der Waals surface area (Å²) in [7, 11) is 2.69. The highest BCUT2D eigenvalue weighted by atomic mass is 35.7. The monoisotopic (exact) mass is 241 g/mol. The Kier molecular flexibility index (Phi) is 3.08. The SMILES string of the molecule is COCCC1(C)CC(=O)N1S(=O)(=O)Cl. The maximum Gasteiger partial charge on any atom is 0.324 e. The molecule has 1 fully saturated rings. The maximum atomic E-state index is 11.1. The van der Waals surface area contributed by atoms with Crippen LogP contribution in [0, 0.1) is 0 Å². The molecule has 5 nitrogen and oxygen atoms in total. The summed E-state index contributed by atoms with van der Waals surface area (Å²) in [5.41, 5.74) is -0.715. The molecule has 0 aromatic rings. The number of carbonyl (C=O) groups excluding carboxylic acids is 1. The second-order valence-electron chi connectivity index (χ2n) is 3.52. The molecule has 1 rings (SSSR count). The number of hydrogen-bond acceptors (Lipinski definition) is 4. The van der Waals surface area contributed by atoms with Gasteiger partial charge < -0.3 is 4.74 Å². The van der Waals surface area contributed by atoms with Gasteiger partial charge >= 0.3 is 9.24 Å². The van der Waals surface area contributed by atoms with Crippen molar-refractivity contribution in [2.75, 3.05) is 13.7 Å². The third kappa shape index (κ3) is 2.02. The summed E-state index contributed by atoms with van der Waals surface area (Å²) < 4.78 is 27.6. The molecule has 14 heavy (non-hydrogen) atoms. The van der Waals surface area contributed by atoms with Crippen LogP contribution in [0.3, 0.4) is 0 Å².